The summed E-state index contributed by atoms with van der Waals surface area (Å²) in [5.41, 5.74) is 2.00. The molecule has 3 rings (SSSR count). The number of amides is 2. The van der Waals surface area contributed by atoms with Crippen LogP contribution in [0.4, 0.5) is 0 Å². The second-order valence-electron chi connectivity index (χ2n) is 7.48. The van der Waals surface area contributed by atoms with Crippen molar-refractivity contribution in [3.63, 3.8) is 0 Å². The van der Waals surface area contributed by atoms with Crippen LogP contribution in [0.3, 0.4) is 0 Å². The molecule has 0 saturated carbocycles. The number of rotatable bonds is 8. The number of ether oxygens (including phenoxy) is 2. The fraction of sp³-hybridized carbons (Fsp3) is 0.417. The second kappa shape index (κ2) is 10.1. The topological polar surface area (TPSA) is 67.9 Å². The lowest BCUT2D eigenvalue weighted by Crippen LogP contribution is -2.35. The lowest BCUT2D eigenvalue weighted by molar-refractivity contribution is -0.133. The van der Waals surface area contributed by atoms with Crippen LogP contribution in [0.2, 0.25) is 0 Å². The van der Waals surface area contributed by atoms with E-state index in [0.29, 0.717) is 6.61 Å². The Bertz CT molecular complexity index is 849. The summed E-state index contributed by atoms with van der Waals surface area (Å²) in [5.74, 6) is 1.46. The molecule has 2 atom stereocenters. The Morgan fingerprint density at radius 3 is 2.37 bits per heavy atom. The van der Waals surface area contributed by atoms with Crippen molar-refractivity contribution in [3.05, 3.63) is 59.7 Å². The van der Waals surface area contributed by atoms with Crippen LogP contribution in [-0.4, -0.2) is 37.0 Å². The van der Waals surface area contributed by atoms with E-state index in [1.807, 2.05) is 60.4 Å². The van der Waals surface area contributed by atoms with E-state index in [1.165, 1.54) is 6.92 Å². The van der Waals surface area contributed by atoms with Crippen LogP contribution >= 0.6 is 0 Å². The van der Waals surface area contributed by atoms with Gasteiger partial charge in [-0.15, -0.1) is 0 Å². The van der Waals surface area contributed by atoms with Crippen molar-refractivity contribution in [1.82, 2.24) is 10.2 Å². The molecule has 2 aromatic carbocycles. The second-order valence-corrected chi connectivity index (χ2v) is 7.48. The van der Waals surface area contributed by atoms with Crippen molar-refractivity contribution in [3.8, 4) is 11.5 Å². The Balaban J connectivity index is 1.74. The van der Waals surface area contributed by atoms with Crippen LogP contribution in [0.1, 0.15) is 56.3 Å². The Morgan fingerprint density at radius 1 is 1.10 bits per heavy atom. The third-order valence-electron chi connectivity index (χ3n) is 5.42. The number of hydrogen-bond donors (Lipinski definition) is 1. The predicted molar refractivity (Wildman–Crippen MR) is 115 cm³/mol. The highest BCUT2D eigenvalue weighted by molar-refractivity contribution is 5.80. The smallest absolute Gasteiger partial charge is 0.225 e. The van der Waals surface area contributed by atoms with Gasteiger partial charge in [-0.05, 0) is 55.2 Å². The summed E-state index contributed by atoms with van der Waals surface area (Å²) in [6, 6.07) is 15.1. The number of methoxy groups -OCH3 is 1. The number of likely N-dealkylation sites (tertiary alicyclic amines) is 1. The lowest BCUT2D eigenvalue weighted by atomic mass is 10.0. The van der Waals surface area contributed by atoms with Crippen molar-refractivity contribution in [2.45, 2.75) is 45.2 Å². The third kappa shape index (κ3) is 5.32. The number of carbonyl (C=O) groups is 2. The first kappa shape index (κ1) is 21.7. The van der Waals surface area contributed by atoms with Gasteiger partial charge in [0.05, 0.1) is 32.2 Å². The standard InChI is InChI=1S/C24H30N2O4/c1-4-30-21-13-9-19(10-14-21)23-6-5-15-26(23)24(28)16-22(25-17(2)27)18-7-11-20(29-3)12-8-18/h7-14,22-23H,4-6,15-16H2,1-3H3,(H,25,27). The van der Waals surface area contributed by atoms with E-state index in [4.69, 9.17) is 9.47 Å². The molecular weight excluding hydrogens is 380 g/mol. The van der Waals surface area contributed by atoms with Gasteiger partial charge in [-0.25, -0.2) is 0 Å². The van der Waals surface area contributed by atoms with Gasteiger partial charge in [-0.1, -0.05) is 24.3 Å². The Hall–Kier alpha value is -3.02. The van der Waals surface area contributed by atoms with Gasteiger partial charge in [-0.2, -0.15) is 0 Å². The average Bonchev–Trinajstić information content (AvgIpc) is 3.24. The minimum Gasteiger partial charge on any atom is -0.497 e. The Labute approximate surface area is 178 Å². The average molecular weight is 411 g/mol. The SMILES string of the molecule is CCOc1ccc(C2CCCN2C(=O)CC(NC(C)=O)c2ccc(OC)cc2)cc1. The van der Waals surface area contributed by atoms with Crippen molar-refractivity contribution < 1.29 is 19.1 Å². The summed E-state index contributed by atoms with van der Waals surface area (Å²) < 4.78 is 10.7. The van der Waals surface area contributed by atoms with Gasteiger partial charge in [0.15, 0.2) is 0 Å². The Kier molecular flexibility index (Phi) is 7.33. The van der Waals surface area contributed by atoms with Gasteiger partial charge < -0.3 is 19.7 Å². The third-order valence-corrected chi connectivity index (χ3v) is 5.42. The first-order valence-electron chi connectivity index (χ1n) is 10.4. The minimum atomic E-state index is -0.373. The summed E-state index contributed by atoms with van der Waals surface area (Å²) in [5, 5.41) is 2.92. The zero-order chi connectivity index (χ0) is 21.5. The quantitative estimate of drug-likeness (QED) is 0.714. The number of nitrogens with zero attached hydrogens (tertiary/aromatic N) is 1. The van der Waals surface area contributed by atoms with Crippen LogP contribution in [-0.2, 0) is 9.59 Å². The summed E-state index contributed by atoms with van der Waals surface area (Å²) >= 11 is 0. The molecule has 0 bridgehead atoms. The van der Waals surface area contributed by atoms with Gasteiger partial charge in [0, 0.05) is 13.5 Å². The molecule has 0 aliphatic carbocycles. The van der Waals surface area contributed by atoms with Crippen molar-refractivity contribution in [2.75, 3.05) is 20.3 Å². The number of nitrogens with one attached hydrogen (secondary N) is 1. The molecule has 160 valence electrons. The summed E-state index contributed by atoms with van der Waals surface area (Å²) in [6.45, 7) is 4.79. The maximum atomic E-state index is 13.2. The molecule has 1 aliphatic heterocycles. The molecular formula is C24H30N2O4. The molecule has 0 radical (unpaired) electrons. The van der Waals surface area contributed by atoms with Crippen molar-refractivity contribution in [1.29, 1.82) is 0 Å². The van der Waals surface area contributed by atoms with E-state index in [9.17, 15) is 9.59 Å². The number of carbonyl (C=O) groups excluding carboxylic acids is 2. The highest BCUT2D eigenvalue weighted by atomic mass is 16.5. The zero-order valence-electron chi connectivity index (χ0n) is 17.9. The highest BCUT2D eigenvalue weighted by Gasteiger charge is 2.31. The summed E-state index contributed by atoms with van der Waals surface area (Å²) in [7, 11) is 1.61. The molecule has 6 heteroatoms. The highest BCUT2D eigenvalue weighted by Crippen LogP contribution is 2.34. The van der Waals surface area contributed by atoms with Crippen LogP contribution in [0.25, 0.3) is 0 Å². The van der Waals surface area contributed by atoms with Crippen LogP contribution in [0.5, 0.6) is 11.5 Å². The van der Waals surface area contributed by atoms with E-state index in [1.54, 1.807) is 7.11 Å². The maximum Gasteiger partial charge on any atom is 0.225 e. The van der Waals surface area contributed by atoms with E-state index in [-0.39, 0.29) is 30.3 Å². The molecule has 0 spiro atoms. The lowest BCUT2D eigenvalue weighted by Gasteiger charge is -2.28. The molecule has 1 fully saturated rings. The molecule has 2 amide bonds. The fourth-order valence-corrected chi connectivity index (χ4v) is 3.99. The zero-order valence-corrected chi connectivity index (χ0v) is 17.9. The van der Waals surface area contributed by atoms with Crippen LogP contribution in [0, 0.1) is 0 Å². The van der Waals surface area contributed by atoms with Gasteiger partial charge in [-0.3, -0.25) is 9.59 Å². The summed E-state index contributed by atoms with van der Waals surface area (Å²) in [6.07, 6.45) is 2.13. The van der Waals surface area contributed by atoms with Gasteiger partial charge in [0.25, 0.3) is 0 Å². The molecule has 2 unspecified atom stereocenters. The van der Waals surface area contributed by atoms with Crippen molar-refractivity contribution in [2.24, 2.45) is 0 Å². The fourth-order valence-electron chi connectivity index (χ4n) is 3.99. The normalized spacial score (nSPS) is 16.8. The van der Waals surface area contributed by atoms with Crippen molar-refractivity contribution >= 4 is 11.8 Å². The van der Waals surface area contributed by atoms with E-state index < -0.39 is 0 Å². The molecule has 1 saturated heterocycles. The van der Waals surface area contributed by atoms with Gasteiger partial charge in [0.2, 0.25) is 11.8 Å². The largest absolute Gasteiger partial charge is 0.497 e. The monoisotopic (exact) mass is 410 g/mol. The minimum absolute atomic E-state index is 0.0425. The maximum absolute atomic E-state index is 13.2. The molecule has 1 N–H and O–H groups in total. The molecule has 1 heterocycles. The van der Waals surface area contributed by atoms with Crippen LogP contribution < -0.4 is 14.8 Å². The molecule has 2 aromatic rings. The molecule has 30 heavy (non-hydrogen) atoms. The van der Waals surface area contributed by atoms with Gasteiger partial charge >= 0.3 is 0 Å². The molecule has 6 nitrogen and oxygen atoms in total. The Morgan fingerprint density at radius 2 is 1.77 bits per heavy atom. The number of benzene rings is 2. The predicted octanol–water partition coefficient (Wildman–Crippen LogP) is 4.02. The first-order valence-corrected chi connectivity index (χ1v) is 10.4. The first-order chi connectivity index (χ1) is 14.5. The number of hydrogen-bond acceptors (Lipinski definition) is 4. The van der Waals surface area contributed by atoms with E-state index in [0.717, 1.165) is 42.0 Å². The van der Waals surface area contributed by atoms with E-state index >= 15 is 0 Å². The van der Waals surface area contributed by atoms with E-state index in [2.05, 4.69) is 5.32 Å². The summed E-state index contributed by atoms with van der Waals surface area (Å²) in [4.78, 5) is 26.9. The van der Waals surface area contributed by atoms with Gasteiger partial charge in [0.1, 0.15) is 11.5 Å². The molecule has 0 aromatic heterocycles. The molecule has 1 aliphatic rings. The van der Waals surface area contributed by atoms with Crippen LogP contribution in [0.15, 0.2) is 48.5 Å².